The summed E-state index contributed by atoms with van der Waals surface area (Å²) >= 11 is 11.1. The molecular weight excluding hydrogens is 284 g/mol. The smallest absolute Gasteiger partial charge is 0.229 e. The maximum Gasteiger partial charge on any atom is 0.229 e. The summed E-state index contributed by atoms with van der Waals surface area (Å²) in [5.74, 6) is 6.33. The van der Waals surface area contributed by atoms with Crippen LogP contribution in [0, 0.1) is 4.64 Å². The topological polar surface area (TPSA) is 84.5 Å². The highest BCUT2D eigenvalue weighted by Crippen LogP contribution is 2.19. The van der Waals surface area contributed by atoms with E-state index in [0.29, 0.717) is 26.6 Å². The number of nitrogens with zero attached hydrogens (tertiary/aromatic N) is 3. The van der Waals surface area contributed by atoms with Crippen LogP contribution in [0.25, 0.3) is 11.0 Å². The van der Waals surface area contributed by atoms with E-state index in [1.165, 1.54) is 4.68 Å². The molecule has 3 rings (SSSR count). The number of halogens is 1. The van der Waals surface area contributed by atoms with E-state index in [1.807, 2.05) is 12.1 Å². The van der Waals surface area contributed by atoms with Crippen LogP contribution in [0.4, 0.5) is 11.6 Å². The molecule has 0 saturated heterocycles. The molecule has 96 valence electrons. The van der Waals surface area contributed by atoms with Crippen LogP contribution in [0.1, 0.15) is 0 Å². The highest BCUT2D eigenvalue weighted by molar-refractivity contribution is 7.71. The molecular formula is C11H9ClN6S. The Kier molecular flexibility index (Phi) is 2.84. The molecule has 3 aromatic rings. The normalized spacial score (nSPS) is 10.8. The van der Waals surface area contributed by atoms with Crippen LogP contribution in [0.15, 0.2) is 30.5 Å². The number of nitrogen functional groups attached to an aromatic ring is 1. The average molecular weight is 293 g/mol. The number of hydrogen-bond acceptors (Lipinski definition) is 5. The van der Waals surface area contributed by atoms with Crippen LogP contribution in [0.3, 0.4) is 0 Å². The number of nitrogens with one attached hydrogen (secondary N) is 2. The van der Waals surface area contributed by atoms with Gasteiger partial charge in [0.15, 0.2) is 5.65 Å². The quantitative estimate of drug-likeness (QED) is 0.499. The monoisotopic (exact) mass is 292 g/mol. The summed E-state index contributed by atoms with van der Waals surface area (Å²) in [5.41, 5.74) is 1.40. The van der Waals surface area contributed by atoms with E-state index >= 15 is 0 Å². The van der Waals surface area contributed by atoms with Crippen molar-refractivity contribution in [2.75, 3.05) is 11.2 Å². The summed E-state index contributed by atoms with van der Waals surface area (Å²) in [5, 5.41) is 11.1. The van der Waals surface area contributed by atoms with Gasteiger partial charge in [0.25, 0.3) is 0 Å². The van der Waals surface area contributed by atoms with E-state index in [9.17, 15) is 0 Å². The van der Waals surface area contributed by atoms with Crippen LogP contribution in [-0.4, -0.2) is 19.9 Å². The molecule has 4 N–H and O–H groups in total. The van der Waals surface area contributed by atoms with Crippen molar-refractivity contribution in [2.45, 2.75) is 0 Å². The summed E-state index contributed by atoms with van der Waals surface area (Å²) in [7, 11) is 0. The van der Waals surface area contributed by atoms with Gasteiger partial charge in [-0.2, -0.15) is 10.1 Å². The van der Waals surface area contributed by atoms with E-state index in [1.54, 1.807) is 18.3 Å². The first kappa shape index (κ1) is 11.9. The summed E-state index contributed by atoms with van der Waals surface area (Å²) < 4.78 is 1.76. The predicted molar refractivity (Wildman–Crippen MR) is 77.6 cm³/mol. The molecule has 0 fully saturated rings. The van der Waals surface area contributed by atoms with Crippen molar-refractivity contribution in [1.29, 1.82) is 0 Å². The predicted octanol–water partition coefficient (Wildman–Crippen LogP) is 2.60. The SMILES string of the molecule is Nn1c(Nc2ccc(Cl)cc2)nc2[nH]ncc2c1=S. The number of anilines is 2. The lowest BCUT2D eigenvalue weighted by Gasteiger charge is -2.10. The second kappa shape index (κ2) is 4.52. The standard InChI is InChI=1S/C11H9ClN6S/c12-6-1-3-7(4-2-6)15-11-16-9-8(5-14-17-9)10(19)18(11)13/h1-5H,13H2,(H2,14,15,16,17). The number of aromatic amines is 1. The summed E-state index contributed by atoms with van der Waals surface area (Å²) in [6.45, 7) is 0. The van der Waals surface area contributed by atoms with E-state index in [2.05, 4.69) is 20.5 Å². The van der Waals surface area contributed by atoms with E-state index in [-0.39, 0.29) is 0 Å². The number of rotatable bonds is 2. The van der Waals surface area contributed by atoms with E-state index in [4.69, 9.17) is 29.7 Å². The summed E-state index contributed by atoms with van der Waals surface area (Å²) in [6, 6.07) is 7.19. The molecule has 0 atom stereocenters. The van der Waals surface area contributed by atoms with Crippen molar-refractivity contribution in [1.82, 2.24) is 19.9 Å². The number of benzene rings is 1. The second-order valence-corrected chi connectivity index (χ2v) is 4.70. The fraction of sp³-hybridized carbons (Fsp3) is 0. The van der Waals surface area contributed by atoms with Crippen molar-refractivity contribution in [2.24, 2.45) is 0 Å². The van der Waals surface area contributed by atoms with Gasteiger partial charge in [-0.25, -0.2) is 4.68 Å². The van der Waals surface area contributed by atoms with Crippen molar-refractivity contribution in [3.63, 3.8) is 0 Å². The first-order chi connectivity index (χ1) is 9.15. The molecule has 2 heterocycles. The van der Waals surface area contributed by atoms with Crippen LogP contribution in [0.2, 0.25) is 5.02 Å². The average Bonchev–Trinajstić information content (AvgIpc) is 2.86. The first-order valence-corrected chi connectivity index (χ1v) is 6.17. The Morgan fingerprint density at radius 2 is 2.05 bits per heavy atom. The summed E-state index contributed by atoms with van der Waals surface area (Å²) in [6.07, 6.45) is 1.60. The molecule has 6 nitrogen and oxygen atoms in total. The molecule has 0 amide bonds. The number of fused-ring (bicyclic) bond motifs is 1. The third kappa shape index (κ3) is 2.13. The Hall–Kier alpha value is -2.12. The lowest BCUT2D eigenvalue weighted by molar-refractivity contribution is 0.949. The number of nitrogens with two attached hydrogens (primary N) is 1. The minimum Gasteiger partial charge on any atom is -0.335 e. The third-order valence-electron chi connectivity index (χ3n) is 2.61. The van der Waals surface area contributed by atoms with Crippen molar-refractivity contribution < 1.29 is 0 Å². The maximum atomic E-state index is 5.91. The van der Waals surface area contributed by atoms with Gasteiger partial charge in [-0.1, -0.05) is 23.8 Å². The Balaban J connectivity index is 2.07. The van der Waals surface area contributed by atoms with Gasteiger partial charge in [0.2, 0.25) is 5.95 Å². The van der Waals surface area contributed by atoms with Gasteiger partial charge in [-0.15, -0.1) is 0 Å². The molecule has 0 aliphatic rings. The van der Waals surface area contributed by atoms with E-state index in [0.717, 1.165) is 5.69 Å². The fourth-order valence-electron chi connectivity index (χ4n) is 1.66. The van der Waals surface area contributed by atoms with Gasteiger partial charge in [0.05, 0.1) is 11.6 Å². The number of H-pyrrole nitrogens is 1. The Morgan fingerprint density at radius 1 is 1.32 bits per heavy atom. The van der Waals surface area contributed by atoms with Crippen molar-refractivity contribution in [3.05, 3.63) is 40.1 Å². The van der Waals surface area contributed by atoms with Gasteiger partial charge in [0, 0.05) is 10.7 Å². The molecule has 0 unspecified atom stereocenters. The van der Waals surface area contributed by atoms with Gasteiger partial charge >= 0.3 is 0 Å². The summed E-state index contributed by atoms with van der Waals surface area (Å²) in [4.78, 5) is 4.32. The number of aromatic nitrogens is 4. The van der Waals surface area contributed by atoms with Crippen molar-refractivity contribution >= 4 is 46.5 Å². The van der Waals surface area contributed by atoms with Crippen LogP contribution >= 0.6 is 23.8 Å². The molecule has 0 aliphatic carbocycles. The molecule has 8 heteroatoms. The van der Waals surface area contributed by atoms with Crippen LogP contribution < -0.4 is 11.2 Å². The Bertz CT molecular complexity index is 791. The lowest BCUT2D eigenvalue weighted by Crippen LogP contribution is -2.16. The minimum atomic E-state index is 0.420. The van der Waals surface area contributed by atoms with E-state index < -0.39 is 0 Å². The molecule has 2 aromatic heterocycles. The van der Waals surface area contributed by atoms with Gasteiger partial charge < -0.3 is 11.2 Å². The maximum absolute atomic E-state index is 5.91. The highest BCUT2D eigenvalue weighted by atomic mass is 35.5. The highest BCUT2D eigenvalue weighted by Gasteiger charge is 2.08. The van der Waals surface area contributed by atoms with Gasteiger partial charge in [0.1, 0.15) is 4.64 Å². The lowest BCUT2D eigenvalue weighted by atomic mass is 10.3. The molecule has 0 aliphatic heterocycles. The van der Waals surface area contributed by atoms with Gasteiger partial charge in [-0.05, 0) is 24.3 Å². The Labute approximate surface area is 118 Å². The van der Waals surface area contributed by atoms with Crippen molar-refractivity contribution in [3.8, 4) is 0 Å². The third-order valence-corrected chi connectivity index (χ3v) is 3.28. The Morgan fingerprint density at radius 3 is 2.79 bits per heavy atom. The second-order valence-electron chi connectivity index (χ2n) is 3.87. The largest absolute Gasteiger partial charge is 0.335 e. The number of hydrogen-bond donors (Lipinski definition) is 3. The molecule has 19 heavy (non-hydrogen) atoms. The minimum absolute atomic E-state index is 0.420. The molecule has 1 aromatic carbocycles. The first-order valence-electron chi connectivity index (χ1n) is 5.39. The van der Waals surface area contributed by atoms with Crippen LogP contribution in [0.5, 0.6) is 0 Å². The molecule has 0 saturated carbocycles. The zero-order valence-corrected chi connectivity index (χ0v) is 11.2. The zero-order chi connectivity index (χ0) is 13.4. The van der Waals surface area contributed by atoms with Crippen LogP contribution in [-0.2, 0) is 0 Å². The molecule has 0 bridgehead atoms. The zero-order valence-electron chi connectivity index (χ0n) is 9.59. The van der Waals surface area contributed by atoms with Gasteiger partial charge in [-0.3, -0.25) is 5.10 Å². The molecule has 0 spiro atoms. The molecule has 0 radical (unpaired) electrons. The fourth-order valence-corrected chi connectivity index (χ4v) is 2.02.